The first-order valence-corrected chi connectivity index (χ1v) is 9.44. The molecule has 0 atom stereocenters. The second-order valence-electron chi connectivity index (χ2n) is 5.97. The van der Waals surface area contributed by atoms with Gasteiger partial charge in [-0.2, -0.15) is 0 Å². The Balaban J connectivity index is 1.60. The molecule has 3 rings (SSSR count). The fourth-order valence-corrected chi connectivity index (χ4v) is 3.45. The smallest absolute Gasteiger partial charge is 0.281 e. The Hall–Kier alpha value is -3.52. The summed E-state index contributed by atoms with van der Waals surface area (Å²) in [6, 6.07) is 13.8. The van der Waals surface area contributed by atoms with E-state index in [2.05, 4.69) is 15.8 Å². The quantitative estimate of drug-likeness (QED) is 0.495. The Morgan fingerprint density at radius 3 is 2.59 bits per heavy atom. The number of carbonyl (C=O) groups is 2. The summed E-state index contributed by atoms with van der Waals surface area (Å²) in [6.07, 6.45) is 2.62. The summed E-state index contributed by atoms with van der Waals surface area (Å²) < 4.78 is 18.5. The van der Waals surface area contributed by atoms with Crippen molar-refractivity contribution in [1.29, 1.82) is 0 Å². The Morgan fingerprint density at radius 2 is 1.90 bits per heavy atom. The summed E-state index contributed by atoms with van der Waals surface area (Å²) in [5, 5.41) is 0.723. The summed E-state index contributed by atoms with van der Waals surface area (Å²) in [5.41, 5.74) is 6.63. The number of aryl methyl sites for hydroxylation is 1. The number of hydrogen-bond acceptors (Lipinski definition) is 5. The number of benzene rings is 2. The van der Waals surface area contributed by atoms with Gasteiger partial charge in [-0.3, -0.25) is 20.4 Å². The number of nitrogens with zero attached hydrogens (tertiary/aromatic N) is 1. The van der Waals surface area contributed by atoms with Crippen molar-refractivity contribution in [1.82, 2.24) is 15.8 Å². The minimum atomic E-state index is -0.556. The summed E-state index contributed by atoms with van der Waals surface area (Å²) in [5.74, 6) is -1.42. The monoisotopic (exact) mass is 411 g/mol. The average molecular weight is 411 g/mol. The van der Waals surface area contributed by atoms with Crippen molar-refractivity contribution in [2.24, 2.45) is 0 Å². The van der Waals surface area contributed by atoms with Crippen LogP contribution in [0.25, 0.3) is 16.6 Å². The van der Waals surface area contributed by atoms with E-state index in [9.17, 15) is 14.0 Å². The van der Waals surface area contributed by atoms with E-state index in [1.54, 1.807) is 13.0 Å². The van der Waals surface area contributed by atoms with Gasteiger partial charge in [-0.1, -0.05) is 36.4 Å². The Morgan fingerprint density at radius 1 is 1.14 bits per heavy atom. The topological polar surface area (TPSA) is 80.3 Å². The molecule has 0 radical (unpaired) electrons. The largest absolute Gasteiger partial charge is 0.494 e. The van der Waals surface area contributed by atoms with Crippen LogP contribution in [0.2, 0.25) is 0 Å². The fourth-order valence-electron chi connectivity index (χ4n) is 2.49. The van der Waals surface area contributed by atoms with Crippen LogP contribution in [0.3, 0.4) is 0 Å². The third-order valence-corrected chi connectivity index (χ3v) is 5.13. The van der Waals surface area contributed by atoms with E-state index in [1.807, 2.05) is 30.3 Å². The molecule has 6 nitrogen and oxygen atoms in total. The molecular weight excluding hydrogens is 393 g/mol. The molecule has 0 aliphatic heterocycles. The standard InChI is InChI=1S/C21H18FN3O3S/c1-13-19(29-21(23-13)15-6-4-3-5-7-15)20(27)25-24-18(26)11-9-14-8-10-17(28-2)16(22)12-14/h3-12H,1-2H3,(H,24,26)(H,25,27)/b11-9+. The van der Waals surface area contributed by atoms with Gasteiger partial charge in [0, 0.05) is 11.6 Å². The zero-order valence-corrected chi connectivity index (χ0v) is 16.5. The van der Waals surface area contributed by atoms with Gasteiger partial charge in [-0.25, -0.2) is 9.37 Å². The van der Waals surface area contributed by atoms with Gasteiger partial charge in [0.2, 0.25) is 0 Å². The van der Waals surface area contributed by atoms with Crippen molar-refractivity contribution in [3.05, 3.63) is 76.6 Å². The lowest BCUT2D eigenvalue weighted by molar-refractivity contribution is -0.117. The van der Waals surface area contributed by atoms with Gasteiger partial charge >= 0.3 is 0 Å². The highest BCUT2D eigenvalue weighted by Gasteiger charge is 2.16. The number of thiazole rings is 1. The highest BCUT2D eigenvalue weighted by Crippen LogP contribution is 2.27. The fraction of sp³-hybridized carbons (Fsp3) is 0.0952. The number of rotatable bonds is 5. The summed E-state index contributed by atoms with van der Waals surface area (Å²) in [4.78, 5) is 29.1. The summed E-state index contributed by atoms with van der Waals surface area (Å²) in [6.45, 7) is 1.73. The number of aromatic nitrogens is 1. The lowest BCUT2D eigenvalue weighted by Crippen LogP contribution is -2.40. The molecule has 2 amide bonds. The maximum absolute atomic E-state index is 13.7. The maximum atomic E-state index is 13.7. The molecule has 1 heterocycles. The minimum absolute atomic E-state index is 0.119. The predicted octanol–water partition coefficient (Wildman–Crippen LogP) is 3.74. The number of nitrogens with one attached hydrogen (secondary N) is 2. The Bertz CT molecular complexity index is 1060. The molecule has 2 aromatic carbocycles. The summed E-state index contributed by atoms with van der Waals surface area (Å²) in [7, 11) is 1.37. The van der Waals surface area contributed by atoms with Gasteiger partial charge in [0.05, 0.1) is 12.8 Å². The molecule has 2 N–H and O–H groups in total. The SMILES string of the molecule is COc1ccc(/C=C/C(=O)NNC(=O)c2sc(-c3ccccc3)nc2C)cc1F. The zero-order chi connectivity index (χ0) is 20.8. The van der Waals surface area contributed by atoms with Crippen LogP contribution < -0.4 is 15.6 Å². The van der Waals surface area contributed by atoms with Crippen LogP contribution in [0, 0.1) is 12.7 Å². The van der Waals surface area contributed by atoms with E-state index in [1.165, 1.54) is 42.7 Å². The Labute approximate surface area is 171 Å². The number of methoxy groups -OCH3 is 1. The second kappa shape index (κ2) is 9.11. The van der Waals surface area contributed by atoms with Gasteiger partial charge in [-0.05, 0) is 30.7 Å². The van der Waals surface area contributed by atoms with Crippen LogP contribution in [0.4, 0.5) is 4.39 Å². The number of hydrogen-bond donors (Lipinski definition) is 2. The van der Waals surface area contributed by atoms with Crippen LogP contribution in [0.15, 0.2) is 54.6 Å². The van der Waals surface area contributed by atoms with E-state index in [4.69, 9.17) is 4.74 Å². The molecular formula is C21H18FN3O3S. The normalized spacial score (nSPS) is 10.7. The van der Waals surface area contributed by atoms with E-state index in [0.29, 0.717) is 16.1 Å². The lowest BCUT2D eigenvalue weighted by Gasteiger charge is -2.04. The van der Waals surface area contributed by atoms with E-state index in [0.717, 1.165) is 10.6 Å². The second-order valence-corrected chi connectivity index (χ2v) is 6.97. The summed E-state index contributed by atoms with van der Waals surface area (Å²) >= 11 is 1.24. The van der Waals surface area contributed by atoms with Crippen molar-refractivity contribution in [3.8, 4) is 16.3 Å². The van der Waals surface area contributed by atoms with Crippen LogP contribution in [-0.4, -0.2) is 23.9 Å². The van der Waals surface area contributed by atoms with Gasteiger partial charge in [-0.15, -0.1) is 11.3 Å². The highest BCUT2D eigenvalue weighted by molar-refractivity contribution is 7.17. The highest BCUT2D eigenvalue weighted by atomic mass is 32.1. The molecule has 0 saturated heterocycles. The van der Waals surface area contributed by atoms with Gasteiger partial charge in [0.15, 0.2) is 11.6 Å². The first kappa shape index (κ1) is 20.2. The molecule has 3 aromatic rings. The lowest BCUT2D eigenvalue weighted by atomic mass is 10.2. The number of ether oxygens (including phenoxy) is 1. The van der Waals surface area contributed by atoms with Crippen molar-refractivity contribution >= 4 is 29.2 Å². The number of amides is 2. The molecule has 0 unspecified atom stereocenters. The molecule has 148 valence electrons. The first-order valence-electron chi connectivity index (χ1n) is 8.62. The minimum Gasteiger partial charge on any atom is -0.494 e. The first-order chi connectivity index (χ1) is 14.0. The maximum Gasteiger partial charge on any atom is 0.281 e. The molecule has 0 saturated carbocycles. The van der Waals surface area contributed by atoms with Crippen molar-refractivity contribution in [2.75, 3.05) is 7.11 Å². The van der Waals surface area contributed by atoms with Crippen molar-refractivity contribution < 1.29 is 18.7 Å². The number of hydrazine groups is 1. The van der Waals surface area contributed by atoms with Gasteiger partial charge in [0.1, 0.15) is 9.88 Å². The van der Waals surface area contributed by atoms with Crippen LogP contribution in [-0.2, 0) is 4.79 Å². The van der Waals surface area contributed by atoms with Crippen LogP contribution in [0.5, 0.6) is 5.75 Å². The third kappa shape index (κ3) is 5.05. The molecule has 29 heavy (non-hydrogen) atoms. The third-order valence-electron chi connectivity index (χ3n) is 3.93. The van der Waals surface area contributed by atoms with E-state index in [-0.39, 0.29) is 5.75 Å². The average Bonchev–Trinajstić information content (AvgIpc) is 3.13. The van der Waals surface area contributed by atoms with Crippen LogP contribution >= 0.6 is 11.3 Å². The molecule has 8 heteroatoms. The van der Waals surface area contributed by atoms with Gasteiger partial charge < -0.3 is 4.74 Å². The van der Waals surface area contributed by atoms with Crippen molar-refractivity contribution in [3.63, 3.8) is 0 Å². The molecule has 0 bridgehead atoms. The zero-order valence-electron chi connectivity index (χ0n) is 15.7. The van der Waals surface area contributed by atoms with E-state index < -0.39 is 17.6 Å². The Kier molecular flexibility index (Phi) is 6.36. The number of carbonyl (C=O) groups excluding carboxylic acids is 2. The molecule has 0 fully saturated rings. The van der Waals surface area contributed by atoms with Crippen molar-refractivity contribution in [2.45, 2.75) is 6.92 Å². The molecule has 0 spiro atoms. The van der Waals surface area contributed by atoms with E-state index >= 15 is 0 Å². The molecule has 1 aromatic heterocycles. The number of halogens is 1. The van der Waals surface area contributed by atoms with Gasteiger partial charge in [0.25, 0.3) is 11.8 Å². The van der Waals surface area contributed by atoms with Crippen LogP contribution in [0.1, 0.15) is 20.9 Å². The molecule has 0 aliphatic rings. The molecule has 0 aliphatic carbocycles. The predicted molar refractivity (Wildman–Crippen MR) is 110 cm³/mol.